The van der Waals surface area contributed by atoms with Gasteiger partial charge in [0, 0.05) is 16.3 Å². The molecule has 4 heteroatoms. The average molecular weight is 260 g/mol. The number of amides is 1. The molecule has 0 fully saturated rings. The van der Waals surface area contributed by atoms with Crippen molar-refractivity contribution in [1.82, 2.24) is 0 Å². The highest BCUT2D eigenvalue weighted by Crippen LogP contribution is 2.21. The SMILES string of the molecule is CCc1ccc(C(=O)Nc2ccc(C)c(N)c2)s1. The zero-order chi connectivity index (χ0) is 13.1. The van der Waals surface area contributed by atoms with E-state index in [1.165, 1.54) is 16.2 Å². The smallest absolute Gasteiger partial charge is 0.265 e. The number of nitrogen functional groups attached to an aromatic ring is 1. The van der Waals surface area contributed by atoms with Gasteiger partial charge in [-0.1, -0.05) is 13.0 Å². The Morgan fingerprint density at radius 2 is 2.11 bits per heavy atom. The first-order valence-electron chi connectivity index (χ1n) is 5.86. The van der Waals surface area contributed by atoms with Crippen LogP contribution in [0.3, 0.4) is 0 Å². The number of nitrogens with two attached hydrogens (primary N) is 1. The normalized spacial score (nSPS) is 10.3. The maximum absolute atomic E-state index is 12.0. The zero-order valence-electron chi connectivity index (χ0n) is 10.5. The molecule has 3 N–H and O–H groups in total. The summed E-state index contributed by atoms with van der Waals surface area (Å²) in [5, 5.41) is 2.86. The van der Waals surface area contributed by atoms with E-state index < -0.39 is 0 Å². The Balaban J connectivity index is 2.13. The van der Waals surface area contributed by atoms with E-state index >= 15 is 0 Å². The first-order chi connectivity index (χ1) is 8.60. The fourth-order valence-corrected chi connectivity index (χ4v) is 2.44. The first-order valence-corrected chi connectivity index (χ1v) is 6.68. The Morgan fingerprint density at radius 3 is 2.72 bits per heavy atom. The summed E-state index contributed by atoms with van der Waals surface area (Å²) in [6, 6.07) is 9.38. The van der Waals surface area contributed by atoms with E-state index in [0.717, 1.165) is 22.5 Å². The minimum Gasteiger partial charge on any atom is -0.398 e. The number of rotatable bonds is 3. The molecule has 94 valence electrons. The molecule has 0 unspecified atom stereocenters. The second-order valence-electron chi connectivity index (χ2n) is 4.15. The van der Waals surface area contributed by atoms with Crippen molar-refractivity contribution in [3.05, 3.63) is 45.6 Å². The van der Waals surface area contributed by atoms with Gasteiger partial charge in [0.15, 0.2) is 0 Å². The number of nitrogens with one attached hydrogen (secondary N) is 1. The van der Waals surface area contributed by atoms with Gasteiger partial charge in [-0.05, 0) is 43.2 Å². The predicted octanol–water partition coefficient (Wildman–Crippen LogP) is 3.45. The van der Waals surface area contributed by atoms with Crippen molar-refractivity contribution < 1.29 is 4.79 Å². The van der Waals surface area contributed by atoms with Crippen LogP contribution in [0.15, 0.2) is 30.3 Å². The molecule has 1 aromatic heterocycles. The summed E-state index contributed by atoms with van der Waals surface area (Å²) in [6.07, 6.45) is 0.954. The van der Waals surface area contributed by atoms with Crippen molar-refractivity contribution in [3.8, 4) is 0 Å². The van der Waals surface area contributed by atoms with Crippen LogP contribution in [-0.2, 0) is 6.42 Å². The molecule has 1 amide bonds. The van der Waals surface area contributed by atoms with Gasteiger partial charge in [-0.25, -0.2) is 0 Å². The predicted molar refractivity (Wildman–Crippen MR) is 77.2 cm³/mol. The van der Waals surface area contributed by atoms with Gasteiger partial charge < -0.3 is 11.1 Å². The molecule has 0 radical (unpaired) electrons. The van der Waals surface area contributed by atoms with E-state index in [2.05, 4.69) is 12.2 Å². The van der Waals surface area contributed by atoms with Crippen molar-refractivity contribution >= 4 is 28.6 Å². The topological polar surface area (TPSA) is 55.1 Å². The van der Waals surface area contributed by atoms with Crippen molar-refractivity contribution in [2.24, 2.45) is 0 Å². The maximum Gasteiger partial charge on any atom is 0.265 e. The molecule has 0 aliphatic heterocycles. The van der Waals surface area contributed by atoms with Gasteiger partial charge >= 0.3 is 0 Å². The molecule has 0 atom stereocenters. The monoisotopic (exact) mass is 260 g/mol. The van der Waals surface area contributed by atoms with Crippen molar-refractivity contribution in [1.29, 1.82) is 0 Å². The van der Waals surface area contributed by atoms with Crippen molar-refractivity contribution in [3.63, 3.8) is 0 Å². The highest BCUT2D eigenvalue weighted by molar-refractivity contribution is 7.14. The van der Waals surface area contributed by atoms with Crippen molar-refractivity contribution in [2.45, 2.75) is 20.3 Å². The fourth-order valence-electron chi connectivity index (χ4n) is 1.60. The second kappa shape index (κ2) is 5.23. The maximum atomic E-state index is 12.0. The zero-order valence-corrected chi connectivity index (χ0v) is 11.3. The Morgan fingerprint density at radius 1 is 1.33 bits per heavy atom. The van der Waals surface area contributed by atoms with Crippen molar-refractivity contribution in [2.75, 3.05) is 11.1 Å². The number of hydrogen-bond acceptors (Lipinski definition) is 3. The van der Waals surface area contributed by atoms with Crippen LogP contribution >= 0.6 is 11.3 Å². The van der Waals surface area contributed by atoms with Crippen LogP contribution in [0, 0.1) is 6.92 Å². The summed E-state index contributed by atoms with van der Waals surface area (Å²) >= 11 is 1.52. The number of benzene rings is 1. The van der Waals surface area contributed by atoms with Gasteiger partial charge in [0.05, 0.1) is 4.88 Å². The molecule has 0 spiro atoms. The van der Waals surface area contributed by atoms with E-state index in [1.807, 2.05) is 31.2 Å². The fraction of sp³-hybridized carbons (Fsp3) is 0.214. The number of anilines is 2. The van der Waals surface area contributed by atoms with Gasteiger partial charge in [-0.3, -0.25) is 4.79 Å². The minimum atomic E-state index is -0.0806. The third-order valence-electron chi connectivity index (χ3n) is 2.77. The lowest BCUT2D eigenvalue weighted by Crippen LogP contribution is -2.10. The van der Waals surface area contributed by atoms with Crippen LogP contribution in [0.25, 0.3) is 0 Å². The lowest BCUT2D eigenvalue weighted by atomic mass is 10.2. The van der Waals surface area contributed by atoms with Crippen LogP contribution < -0.4 is 11.1 Å². The Hall–Kier alpha value is -1.81. The van der Waals surface area contributed by atoms with Crippen LogP contribution in [0.5, 0.6) is 0 Å². The quantitative estimate of drug-likeness (QED) is 0.830. The molecular formula is C14H16N2OS. The van der Waals surface area contributed by atoms with E-state index in [1.54, 1.807) is 6.07 Å². The number of carbonyl (C=O) groups excluding carboxylic acids is 1. The molecule has 0 bridgehead atoms. The molecule has 0 aliphatic rings. The largest absolute Gasteiger partial charge is 0.398 e. The van der Waals surface area contributed by atoms with Gasteiger partial charge in [-0.2, -0.15) is 0 Å². The molecule has 0 saturated heterocycles. The number of thiophene rings is 1. The summed E-state index contributed by atoms with van der Waals surface area (Å²) in [6.45, 7) is 4.02. The Kier molecular flexibility index (Phi) is 3.67. The molecule has 2 rings (SSSR count). The van der Waals surface area contributed by atoms with Crippen LogP contribution in [0.1, 0.15) is 27.0 Å². The van der Waals surface area contributed by atoms with Gasteiger partial charge in [0.2, 0.25) is 0 Å². The van der Waals surface area contributed by atoms with Crippen LogP contribution in [0.2, 0.25) is 0 Å². The van der Waals surface area contributed by atoms with E-state index in [9.17, 15) is 4.79 Å². The van der Waals surface area contributed by atoms with Gasteiger partial charge in [0.1, 0.15) is 0 Å². The van der Waals surface area contributed by atoms with Crippen LogP contribution in [-0.4, -0.2) is 5.91 Å². The molecule has 0 saturated carbocycles. The summed E-state index contributed by atoms with van der Waals surface area (Å²) in [4.78, 5) is 13.9. The molecule has 1 aromatic carbocycles. The highest BCUT2D eigenvalue weighted by Gasteiger charge is 2.09. The van der Waals surface area contributed by atoms with E-state index in [4.69, 9.17) is 5.73 Å². The third-order valence-corrected chi connectivity index (χ3v) is 4.00. The Labute approximate surface area is 111 Å². The molecule has 3 nitrogen and oxygen atoms in total. The number of carbonyl (C=O) groups is 1. The molecule has 2 aromatic rings. The Bertz CT molecular complexity index is 575. The summed E-state index contributed by atoms with van der Waals surface area (Å²) in [7, 11) is 0. The molecule has 18 heavy (non-hydrogen) atoms. The summed E-state index contributed by atoms with van der Waals surface area (Å²) in [5.41, 5.74) is 8.24. The van der Waals surface area contributed by atoms with Gasteiger partial charge in [-0.15, -0.1) is 11.3 Å². The second-order valence-corrected chi connectivity index (χ2v) is 5.31. The third kappa shape index (κ3) is 2.71. The van der Waals surface area contributed by atoms with Crippen LogP contribution in [0.4, 0.5) is 11.4 Å². The molecule has 1 heterocycles. The number of aryl methyl sites for hydroxylation is 2. The summed E-state index contributed by atoms with van der Waals surface area (Å²) in [5.74, 6) is -0.0806. The minimum absolute atomic E-state index is 0.0806. The molecular weight excluding hydrogens is 244 g/mol. The molecule has 0 aliphatic carbocycles. The highest BCUT2D eigenvalue weighted by atomic mass is 32.1. The lowest BCUT2D eigenvalue weighted by molar-refractivity contribution is 0.103. The first kappa shape index (κ1) is 12.6. The number of hydrogen-bond donors (Lipinski definition) is 2. The van der Waals surface area contributed by atoms with E-state index in [-0.39, 0.29) is 5.91 Å². The lowest BCUT2D eigenvalue weighted by Gasteiger charge is -2.06. The van der Waals surface area contributed by atoms with Gasteiger partial charge in [0.25, 0.3) is 5.91 Å². The van der Waals surface area contributed by atoms with E-state index in [0.29, 0.717) is 5.69 Å². The summed E-state index contributed by atoms with van der Waals surface area (Å²) < 4.78 is 0. The standard InChI is InChI=1S/C14H16N2OS/c1-3-11-6-7-13(18-11)14(17)16-10-5-4-9(2)12(15)8-10/h4-8H,3,15H2,1-2H3,(H,16,17). The average Bonchev–Trinajstić information content (AvgIpc) is 2.82.